The number of anilines is 1. The van der Waals surface area contributed by atoms with Crippen LogP contribution in [0, 0.1) is 13.8 Å². The molecule has 1 aromatic heterocycles. The molecule has 0 saturated carbocycles. The maximum absolute atomic E-state index is 11.5. The van der Waals surface area contributed by atoms with E-state index in [4.69, 9.17) is 0 Å². The van der Waals surface area contributed by atoms with Crippen LogP contribution >= 0.6 is 0 Å². The quantitative estimate of drug-likeness (QED) is 0.719. The molecule has 1 aromatic rings. The molecule has 17 heavy (non-hydrogen) atoms. The van der Waals surface area contributed by atoms with Gasteiger partial charge in [0.25, 0.3) is 0 Å². The summed E-state index contributed by atoms with van der Waals surface area (Å²) in [7, 11) is 0. The van der Waals surface area contributed by atoms with Gasteiger partial charge in [0, 0.05) is 6.42 Å². The zero-order valence-corrected chi connectivity index (χ0v) is 9.78. The SMILES string of the molecule is Cc1ncc(NC2CCC(=O)NC2=O)nc1C. The van der Waals surface area contributed by atoms with E-state index in [-0.39, 0.29) is 11.8 Å². The molecular formula is C11H14N4O2. The third kappa shape index (κ3) is 2.58. The predicted octanol–water partition coefficient (Wildman–Crippen LogP) is 0.311. The Labute approximate surface area is 98.8 Å². The number of carbonyl (C=O) groups excluding carboxylic acids is 2. The molecule has 2 amide bonds. The first-order valence-corrected chi connectivity index (χ1v) is 5.47. The molecule has 1 aliphatic heterocycles. The molecule has 1 fully saturated rings. The van der Waals surface area contributed by atoms with Crippen LogP contribution in [0.1, 0.15) is 24.2 Å². The summed E-state index contributed by atoms with van der Waals surface area (Å²) < 4.78 is 0. The average molecular weight is 234 g/mol. The van der Waals surface area contributed by atoms with Crippen LogP contribution in [0.2, 0.25) is 0 Å². The standard InChI is InChI=1S/C11H14N4O2/c1-6-7(2)13-9(5-12-6)14-8-3-4-10(16)15-11(8)17/h5,8H,3-4H2,1-2H3,(H,13,14)(H,15,16,17). The summed E-state index contributed by atoms with van der Waals surface area (Å²) >= 11 is 0. The summed E-state index contributed by atoms with van der Waals surface area (Å²) in [6.07, 6.45) is 2.42. The molecule has 2 N–H and O–H groups in total. The summed E-state index contributed by atoms with van der Waals surface area (Å²) in [5.41, 5.74) is 1.68. The lowest BCUT2D eigenvalue weighted by Crippen LogP contribution is -2.47. The van der Waals surface area contributed by atoms with Gasteiger partial charge in [0.2, 0.25) is 11.8 Å². The van der Waals surface area contributed by atoms with Crippen molar-refractivity contribution in [2.45, 2.75) is 32.7 Å². The van der Waals surface area contributed by atoms with E-state index < -0.39 is 6.04 Å². The van der Waals surface area contributed by atoms with Crippen molar-refractivity contribution in [1.82, 2.24) is 15.3 Å². The Hall–Kier alpha value is -1.98. The van der Waals surface area contributed by atoms with Crippen LogP contribution in [0.5, 0.6) is 0 Å². The van der Waals surface area contributed by atoms with Crippen LogP contribution < -0.4 is 10.6 Å². The van der Waals surface area contributed by atoms with Gasteiger partial charge in [0.15, 0.2) is 0 Å². The number of carbonyl (C=O) groups is 2. The number of amides is 2. The predicted molar refractivity (Wildman–Crippen MR) is 61.3 cm³/mol. The molecule has 2 heterocycles. The normalized spacial score (nSPS) is 20.0. The first-order chi connectivity index (χ1) is 8.06. The molecule has 0 aliphatic carbocycles. The van der Waals surface area contributed by atoms with Crippen molar-refractivity contribution >= 4 is 17.6 Å². The third-order valence-corrected chi connectivity index (χ3v) is 2.75. The monoisotopic (exact) mass is 234 g/mol. The van der Waals surface area contributed by atoms with Crippen molar-refractivity contribution in [2.75, 3.05) is 5.32 Å². The van der Waals surface area contributed by atoms with Gasteiger partial charge in [-0.05, 0) is 20.3 Å². The number of piperidine rings is 1. The first kappa shape index (κ1) is 11.5. The number of nitrogens with one attached hydrogen (secondary N) is 2. The van der Waals surface area contributed by atoms with Crippen LogP contribution in [0.25, 0.3) is 0 Å². The number of hydrogen-bond acceptors (Lipinski definition) is 5. The van der Waals surface area contributed by atoms with Gasteiger partial charge < -0.3 is 5.32 Å². The molecular weight excluding hydrogens is 220 g/mol. The Balaban J connectivity index is 2.08. The number of rotatable bonds is 2. The van der Waals surface area contributed by atoms with Gasteiger partial charge in [-0.3, -0.25) is 19.9 Å². The molecule has 90 valence electrons. The van der Waals surface area contributed by atoms with Crippen molar-refractivity contribution in [3.63, 3.8) is 0 Å². The number of hydrogen-bond donors (Lipinski definition) is 2. The largest absolute Gasteiger partial charge is 0.357 e. The number of aromatic nitrogens is 2. The molecule has 6 heteroatoms. The Bertz CT molecular complexity index is 473. The fraction of sp³-hybridized carbons (Fsp3) is 0.455. The van der Waals surface area contributed by atoms with E-state index in [1.165, 1.54) is 0 Å². The van der Waals surface area contributed by atoms with Crippen LogP contribution in [0.4, 0.5) is 5.82 Å². The fourth-order valence-electron chi connectivity index (χ4n) is 1.62. The lowest BCUT2D eigenvalue weighted by Gasteiger charge is -2.22. The Kier molecular flexibility index (Phi) is 3.03. The van der Waals surface area contributed by atoms with E-state index in [1.54, 1.807) is 6.20 Å². The van der Waals surface area contributed by atoms with Gasteiger partial charge in [-0.25, -0.2) is 4.98 Å². The molecule has 1 atom stereocenters. The van der Waals surface area contributed by atoms with Crippen molar-refractivity contribution in [2.24, 2.45) is 0 Å². The molecule has 1 aliphatic rings. The summed E-state index contributed by atoms with van der Waals surface area (Å²) in [6, 6.07) is -0.413. The number of aryl methyl sites for hydroxylation is 2. The van der Waals surface area contributed by atoms with Gasteiger partial charge >= 0.3 is 0 Å². The minimum absolute atomic E-state index is 0.223. The van der Waals surface area contributed by atoms with Gasteiger partial charge in [0.1, 0.15) is 11.9 Å². The van der Waals surface area contributed by atoms with E-state index in [2.05, 4.69) is 20.6 Å². The van der Waals surface area contributed by atoms with Gasteiger partial charge in [-0.2, -0.15) is 0 Å². The molecule has 0 aromatic carbocycles. The summed E-state index contributed by atoms with van der Waals surface area (Å²) in [5.74, 6) is 0.0306. The molecule has 2 rings (SSSR count). The second-order valence-electron chi connectivity index (χ2n) is 4.07. The molecule has 0 spiro atoms. The second-order valence-corrected chi connectivity index (χ2v) is 4.07. The zero-order chi connectivity index (χ0) is 12.4. The molecule has 6 nitrogen and oxygen atoms in total. The van der Waals surface area contributed by atoms with E-state index in [1.807, 2.05) is 13.8 Å². The maximum atomic E-state index is 11.5. The Morgan fingerprint density at radius 3 is 2.76 bits per heavy atom. The van der Waals surface area contributed by atoms with Gasteiger partial charge in [-0.1, -0.05) is 0 Å². The summed E-state index contributed by atoms with van der Waals surface area (Å²) in [4.78, 5) is 30.9. The summed E-state index contributed by atoms with van der Waals surface area (Å²) in [5, 5.41) is 5.27. The smallest absolute Gasteiger partial charge is 0.249 e. The molecule has 1 unspecified atom stereocenters. The highest BCUT2D eigenvalue weighted by Gasteiger charge is 2.26. The lowest BCUT2D eigenvalue weighted by atomic mass is 10.1. The minimum atomic E-state index is -0.413. The average Bonchev–Trinajstić information content (AvgIpc) is 2.27. The van der Waals surface area contributed by atoms with E-state index in [0.29, 0.717) is 18.7 Å². The second kappa shape index (κ2) is 4.48. The van der Waals surface area contributed by atoms with Crippen molar-refractivity contribution in [3.8, 4) is 0 Å². The Morgan fingerprint density at radius 2 is 2.12 bits per heavy atom. The number of imide groups is 1. The molecule has 1 saturated heterocycles. The highest BCUT2D eigenvalue weighted by molar-refractivity contribution is 6.01. The van der Waals surface area contributed by atoms with Gasteiger partial charge in [0.05, 0.1) is 17.6 Å². The minimum Gasteiger partial charge on any atom is -0.357 e. The Morgan fingerprint density at radius 1 is 1.35 bits per heavy atom. The fourth-order valence-corrected chi connectivity index (χ4v) is 1.62. The first-order valence-electron chi connectivity index (χ1n) is 5.47. The third-order valence-electron chi connectivity index (χ3n) is 2.75. The highest BCUT2D eigenvalue weighted by atomic mass is 16.2. The number of nitrogens with zero attached hydrogens (tertiary/aromatic N) is 2. The van der Waals surface area contributed by atoms with Crippen molar-refractivity contribution < 1.29 is 9.59 Å². The van der Waals surface area contributed by atoms with Crippen molar-refractivity contribution in [3.05, 3.63) is 17.6 Å². The van der Waals surface area contributed by atoms with Crippen LogP contribution in [-0.4, -0.2) is 27.8 Å². The van der Waals surface area contributed by atoms with Crippen LogP contribution in [0.3, 0.4) is 0 Å². The van der Waals surface area contributed by atoms with Crippen LogP contribution in [0.15, 0.2) is 6.20 Å². The maximum Gasteiger partial charge on any atom is 0.249 e. The molecule has 0 bridgehead atoms. The lowest BCUT2D eigenvalue weighted by molar-refractivity contribution is -0.133. The molecule has 0 radical (unpaired) electrons. The van der Waals surface area contributed by atoms with E-state index in [9.17, 15) is 9.59 Å². The van der Waals surface area contributed by atoms with Gasteiger partial charge in [-0.15, -0.1) is 0 Å². The zero-order valence-electron chi connectivity index (χ0n) is 9.78. The van der Waals surface area contributed by atoms with Crippen LogP contribution in [-0.2, 0) is 9.59 Å². The topological polar surface area (TPSA) is 84.0 Å². The summed E-state index contributed by atoms with van der Waals surface area (Å²) in [6.45, 7) is 3.73. The van der Waals surface area contributed by atoms with Crippen molar-refractivity contribution in [1.29, 1.82) is 0 Å². The van der Waals surface area contributed by atoms with E-state index in [0.717, 1.165) is 11.4 Å². The highest BCUT2D eigenvalue weighted by Crippen LogP contribution is 2.12. The van der Waals surface area contributed by atoms with E-state index >= 15 is 0 Å².